The number of imidazole rings is 1. The first-order chi connectivity index (χ1) is 11.4. The maximum atomic E-state index is 12.6. The number of allylic oxidation sites excluding steroid dienone is 2. The molecule has 8 nitrogen and oxygen atoms in total. The molecule has 2 atom stereocenters. The lowest BCUT2D eigenvalue weighted by molar-refractivity contribution is -0.139. The third-order valence-electron chi connectivity index (χ3n) is 4.08. The van der Waals surface area contributed by atoms with Crippen LogP contribution in [0.3, 0.4) is 0 Å². The van der Waals surface area contributed by atoms with E-state index in [0.29, 0.717) is 19.4 Å². The van der Waals surface area contributed by atoms with E-state index < -0.39 is 12.1 Å². The number of nitrogens with one attached hydrogen (secondary N) is 2. The van der Waals surface area contributed by atoms with E-state index >= 15 is 0 Å². The number of aromatic amines is 1. The van der Waals surface area contributed by atoms with Crippen molar-refractivity contribution < 1.29 is 14.4 Å². The summed E-state index contributed by atoms with van der Waals surface area (Å²) in [5.41, 5.74) is 6.99. The lowest BCUT2D eigenvalue weighted by Crippen LogP contribution is -2.51. The van der Waals surface area contributed by atoms with Gasteiger partial charge in [0.05, 0.1) is 18.1 Å². The summed E-state index contributed by atoms with van der Waals surface area (Å²) in [5, 5.41) is 2.60. The molecule has 2 heterocycles. The maximum absolute atomic E-state index is 12.6. The van der Waals surface area contributed by atoms with Gasteiger partial charge in [-0.3, -0.25) is 14.4 Å². The van der Waals surface area contributed by atoms with Gasteiger partial charge in [-0.15, -0.1) is 0 Å². The Balaban J connectivity index is 2.02. The number of nitrogens with two attached hydrogens (primary N) is 1. The quantitative estimate of drug-likeness (QED) is 0.627. The zero-order valence-electron chi connectivity index (χ0n) is 13.9. The SMILES string of the molecule is C/C=C(/NC(=O)C1CCCN1C(=O)C(N)Cc1cnc[nH]1)C(C)=O. The van der Waals surface area contributed by atoms with Crippen molar-refractivity contribution in [1.82, 2.24) is 20.2 Å². The van der Waals surface area contributed by atoms with E-state index in [9.17, 15) is 14.4 Å². The number of carbonyl (C=O) groups excluding carboxylic acids is 3. The maximum Gasteiger partial charge on any atom is 0.247 e. The molecule has 8 heteroatoms. The molecule has 1 aromatic rings. The van der Waals surface area contributed by atoms with Crippen LogP contribution in [0.4, 0.5) is 0 Å². The van der Waals surface area contributed by atoms with Crippen molar-refractivity contribution in [2.45, 2.75) is 45.2 Å². The first kappa shape index (κ1) is 17.9. The Kier molecular flexibility index (Phi) is 5.86. The third-order valence-corrected chi connectivity index (χ3v) is 4.08. The van der Waals surface area contributed by atoms with Gasteiger partial charge in [-0.05, 0) is 19.8 Å². The van der Waals surface area contributed by atoms with E-state index in [2.05, 4.69) is 15.3 Å². The predicted molar refractivity (Wildman–Crippen MR) is 87.6 cm³/mol. The molecule has 0 spiro atoms. The van der Waals surface area contributed by atoms with Crippen molar-refractivity contribution in [3.8, 4) is 0 Å². The van der Waals surface area contributed by atoms with Gasteiger partial charge in [-0.2, -0.15) is 0 Å². The standard InChI is InChI=1S/C16H23N5O3/c1-3-13(10(2)22)20-15(23)14-5-4-6-21(14)16(24)12(17)7-11-8-18-9-19-11/h3,8-9,12,14H,4-7,17H2,1-2H3,(H,18,19)(H,20,23)/b13-3+. The lowest BCUT2D eigenvalue weighted by Gasteiger charge is -2.26. The molecule has 1 aliphatic rings. The Bertz CT molecular complexity index is 638. The van der Waals surface area contributed by atoms with Crippen LogP contribution in [0.5, 0.6) is 0 Å². The number of likely N-dealkylation sites (tertiary alicyclic amines) is 1. The molecule has 2 amide bonds. The van der Waals surface area contributed by atoms with Crippen LogP contribution in [-0.2, 0) is 20.8 Å². The van der Waals surface area contributed by atoms with Gasteiger partial charge < -0.3 is 20.9 Å². The van der Waals surface area contributed by atoms with Crippen LogP contribution >= 0.6 is 0 Å². The van der Waals surface area contributed by atoms with Crippen LogP contribution in [0, 0.1) is 0 Å². The Morgan fingerprint density at radius 3 is 2.88 bits per heavy atom. The van der Waals surface area contributed by atoms with Crippen molar-refractivity contribution in [1.29, 1.82) is 0 Å². The van der Waals surface area contributed by atoms with E-state index in [1.165, 1.54) is 18.2 Å². The fraction of sp³-hybridized carbons (Fsp3) is 0.500. The van der Waals surface area contributed by atoms with Crippen molar-refractivity contribution in [2.75, 3.05) is 6.54 Å². The van der Waals surface area contributed by atoms with E-state index in [-0.39, 0.29) is 23.3 Å². The highest BCUT2D eigenvalue weighted by atomic mass is 16.2. The van der Waals surface area contributed by atoms with Crippen LogP contribution in [0.1, 0.15) is 32.4 Å². The number of Topliss-reactive ketones (excluding diaryl/α,β-unsaturated/α-hetero) is 1. The summed E-state index contributed by atoms with van der Waals surface area (Å²) in [6.45, 7) is 3.54. The van der Waals surface area contributed by atoms with Gasteiger partial charge in [0, 0.05) is 31.8 Å². The summed E-state index contributed by atoms with van der Waals surface area (Å²) >= 11 is 0. The molecule has 4 N–H and O–H groups in total. The number of amides is 2. The zero-order chi connectivity index (χ0) is 17.7. The first-order valence-corrected chi connectivity index (χ1v) is 7.95. The molecular formula is C16H23N5O3. The topological polar surface area (TPSA) is 121 Å². The molecule has 1 aromatic heterocycles. The van der Waals surface area contributed by atoms with Gasteiger partial charge >= 0.3 is 0 Å². The molecule has 130 valence electrons. The summed E-state index contributed by atoms with van der Waals surface area (Å²) in [4.78, 5) is 44.7. The molecule has 0 aromatic carbocycles. The number of hydrogen-bond donors (Lipinski definition) is 3. The van der Waals surface area contributed by atoms with E-state index in [1.807, 2.05) is 0 Å². The van der Waals surface area contributed by atoms with Gasteiger partial charge in [-0.25, -0.2) is 4.98 Å². The molecular weight excluding hydrogens is 310 g/mol. The zero-order valence-corrected chi connectivity index (χ0v) is 13.9. The molecule has 0 aliphatic carbocycles. The highest BCUT2D eigenvalue weighted by Crippen LogP contribution is 2.19. The molecule has 0 radical (unpaired) electrons. The minimum Gasteiger partial charge on any atom is -0.348 e. The van der Waals surface area contributed by atoms with Crippen molar-refractivity contribution >= 4 is 17.6 Å². The molecule has 0 bridgehead atoms. The normalized spacial score (nSPS) is 19.2. The van der Waals surface area contributed by atoms with Crippen molar-refractivity contribution in [3.05, 3.63) is 30.0 Å². The molecule has 1 aliphatic heterocycles. The monoisotopic (exact) mass is 333 g/mol. The third kappa shape index (κ3) is 4.08. The Morgan fingerprint density at radius 2 is 2.29 bits per heavy atom. The Morgan fingerprint density at radius 1 is 1.54 bits per heavy atom. The fourth-order valence-corrected chi connectivity index (χ4v) is 2.82. The number of aromatic nitrogens is 2. The molecule has 1 fully saturated rings. The fourth-order valence-electron chi connectivity index (χ4n) is 2.82. The van der Waals surface area contributed by atoms with Gasteiger partial charge in [0.25, 0.3) is 0 Å². The van der Waals surface area contributed by atoms with Crippen LogP contribution < -0.4 is 11.1 Å². The Labute approximate surface area is 140 Å². The lowest BCUT2D eigenvalue weighted by atomic mass is 10.1. The number of rotatable bonds is 6. The summed E-state index contributed by atoms with van der Waals surface area (Å²) in [6.07, 6.45) is 6.31. The summed E-state index contributed by atoms with van der Waals surface area (Å²) in [7, 11) is 0. The second kappa shape index (κ2) is 7.87. The highest BCUT2D eigenvalue weighted by molar-refractivity contribution is 5.99. The summed E-state index contributed by atoms with van der Waals surface area (Å²) < 4.78 is 0. The van der Waals surface area contributed by atoms with Gasteiger partial charge in [0.2, 0.25) is 11.8 Å². The summed E-state index contributed by atoms with van der Waals surface area (Å²) in [5.74, 6) is -0.845. The van der Waals surface area contributed by atoms with E-state index in [0.717, 1.165) is 12.1 Å². The van der Waals surface area contributed by atoms with Crippen LogP contribution in [0.25, 0.3) is 0 Å². The molecule has 24 heavy (non-hydrogen) atoms. The van der Waals surface area contributed by atoms with Gasteiger partial charge in [-0.1, -0.05) is 6.08 Å². The predicted octanol–water partition coefficient (Wildman–Crippen LogP) is -0.120. The molecule has 2 unspecified atom stereocenters. The number of nitrogens with zero attached hydrogens (tertiary/aromatic N) is 2. The second-order valence-electron chi connectivity index (χ2n) is 5.82. The average molecular weight is 333 g/mol. The molecule has 0 saturated carbocycles. The summed E-state index contributed by atoms with van der Waals surface area (Å²) in [6, 6.07) is -1.34. The number of H-pyrrole nitrogens is 1. The van der Waals surface area contributed by atoms with Crippen molar-refractivity contribution in [3.63, 3.8) is 0 Å². The molecule has 2 rings (SSSR count). The molecule has 1 saturated heterocycles. The van der Waals surface area contributed by atoms with Crippen LogP contribution in [-0.4, -0.2) is 51.1 Å². The van der Waals surface area contributed by atoms with E-state index in [4.69, 9.17) is 5.73 Å². The minimum atomic E-state index is -0.743. The highest BCUT2D eigenvalue weighted by Gasteiger charge is 2.36. The van der Waals surface area contributed by atoms with Crippen LogP contribution in [0.15, 0.2) is 24.3 Å². The second-order valence-corrected chi connectivity index (χ2v) is 5.82. The van der Waals surface area contributed by atoms with E-state index in [1.54, 1.807) is 19.2 Å². The number of carbonyl (C=O) groups is 3. The average Bonchev–Trinajstić information content (AvgIpc) is 3.22. The first-order valence-electron chi connectivity index (χ1n) is 7.95. The number of hydrogen-bond acceptors (Lipinski definition) is 5. The smallest absolute Gasteiger partial charge is 0.247 e. The van der Waals surface area contributed by atoms with Crippen molar-refractivity contribution in [2.24, 2.45) is 5.73 Å². The largest absolute Gasteiger partial charge is 0.348 e. The minimum absolute atomic E-state index is 0.224. The van der Waals surface area contributed by atoms with Crippen LogP contribution in [0.2, 0.25) is 0 Å². The van der Waals surface area contributed by atoms with Gasteiger partial charge in [0.1, 0.15) is 6.04 Å². The Hall–Kier alpha value is -2.48. The van der Waals surface area contributed by atoms with Gasteiger partial charge in [0.15, 0.2) is 5.78 Å². The number of ketones is 1.